The topological polar surface area (TPSA) is 43.4 Å². The molecule has 3 nitrogen and oxygen atoms in total. The van der Waals surface area contributed by atoms with Crippen LogP contribution >= 0.6 is 0 Å². The Labute approximate surface area is 71.7 Å². The molecule has 0 spiro atoms. The van der Waals surface area contributed by atoms with E-state index < -0.39 is 5.97 Å². The minimum absolute atomic E-state index is 0.180. The number of hydrogen-bond donors (Lipinski definition) is 0. The second kappa shape index (κ2) is 5.29. The van der Waals surface area contributed by atoms with Crippen molar-refractivity contribution in [2.75, 3.05) is 0 Å². The zero-order valence-electron chi connectivity index (χ0n) is 7.29. The van der Waals surface area contributed by atoms with E-state index in [1.54, 1.807) is 13.0 Å². The van der Waals surface area contributed by atoms with E-state index in [0.717, 1.165) is 5.57 Å². The summed E-state index contributed by atoms with van der Waals surface area (Å²) in [5, 5.41) is 0. The number of carbonyl (C=O) groups is 2. The Morgan fingerprint density at radius 1 is 1.42 bits per heavy atom. The summed E-state index contributed by atoms with van der Waals surface area (Å²) >= 11 is 0. The lowest BCUT2D eigenvalue weighted by molar-refractivity contribution is -0.140. The summed E-state index contributed by atoms with van der Waals surface area (Å²) in [6.45, 7) is 6.56. The van der Waals surface area contributed by atoms with Gasteiger partial charge < -0.3 is 4.74 Å². The van der Waals surface area contributed by atoms with Gasteiger partial charge in [-0.2, -0.15) is 0 Å². The molecule has 0 fully saturated rings. The first kappa shape index (κ1) is 10.6. The largest absolute Gasteiger partial charge is 0.434 e. The van der Waals surface area contributed by atoms with Gasteiger partial charge in [0.05, 0.1) is 6.26 Å². The second-order valence-corrected chi connectivity index (χ2v) is 2.43. The third kappa shape index (κ3) is 5.41. The van der Waals surface area contributed by atoms with Crippen LogP contribution in [0.4, 0.5) is 0 Å². The van der Waals surface area contributed by atoms with Crippen LogP contribution in [-0.2, 0) is 14.3 Å². The Balaban J connectivity index is 3.86. The van der Waals surface area contributed by atoms with E-state index in [4.69, 9.17) is 0 Å². The first-order chi connectivity index (χ1) is 5.56. The number of hydrogen-bond acceptors (Lipinski definition) is 3. The lowest BCUT2D eigenvalue weighted by Gasteiger charge is -1.96. The summed E-state index contributed by atoms with van der Waals surface area (Å²) in [7, 11) is 0. The van der Waals surface area contributed by atoms with Gasteiger partial charge in [-0.25, -0.2) is 0 Å². The number of carbonyl (C=O) groups excluding carboxylic acids is 2. The van der Waals surface area contributed by atoms with Gasteiger partial charge in [-0.3, -0.25) is 9.59 Å². The van der Waals surface area contributed by atoms with Crippen molar-refractivity contribution < 1.29 is 14.3 Å². The average Bonchev–Trinajstić information content (AvgIpc) is 1.99. The minimum Gasteiger partial charge on any atom is -0.434 e. The fraction of sp³-hybridized carbons (Fsp3) is 0.333. The number of esters is 1. The molecule has 0 saturated carbocycles. The molecule has 0 heterocycles. The fourth-order valence-electron chi connectivity index (χ4n) is 0.452. The van der Waals surface area contributed by atoms with Crippen LogP contribution in [0, 0.1) is 0 Å². The van der Waals surface area contributed by atoms with E-state index in [1.807, 2.05) is 0 Å². The van der Waals surface area contributed by atoms with E-state index in [1.165, 1.54) is 13.2 Å². The average molecular weight is 168 g/mol. The highest BCUT2D eigenvalue weighted by Gasteiger charge is 2.03. The van der Waals surface area contributed by atoms with E-state index in [0.29, 0.717) is 0 Å². The van der Waals surface area contributed by atoms with Crippen molar-refractivity contribution in [3.8, 4) is 0 Å². The van der Waals surface area contributed by atoms with E-state index in [9.17, 15) is 9.59 Å². The Morgan fingerprint density at radius 2 is 2.00 bits per heavy atom. The third-order valence-corrected chi connectivity index (χ3v) is 1.09. The van der Waals surface area contributed by atoms with Crippen LogP contribution in [0.5, 0.6) is 0 Å². The molecule has 0 aliphatic heterocycles. The summed E-state index contributed by atoms with van der Waals surface area (Å²) in [4.78, 5) is 21.2. The van der Waals surface area contributed by atoms with Gasteiger partial charge in [-0.05, 0) is 19.4 Å². The monoisotopic (exact) mass is 168 g/mol. The zero-order valence-corrected chi connectivity index (χ0v) is 7.29. The lowest BCUT2D eigenvalue weighted by Crippen LogP contribution is -2.05. The van der Waals surface area contributed by atoms with Crippen molar-refractivity contribution in [2.45, 2.75) is 20.3 Å². The summed E-state index contributed by atoms with van der Waals surface area (Å²) < 4.78 is 4.61. The van der Waals surface area contributed by atoms with Crippen LogP contribution in [0.3, 0.4) is 0 Å². The highest BCUT2D eigenvalue weighted by molar-refractivity contribution is 5.94. The van der Waals surface area contributed by atoms with Crippen LogP contribution in [0.1, 0.15) is 20.3 Å². The molecule has 0 unspecified atom stereocenters. The molecule has 12 heavy (non-hydrogen) atoms. The first-order valence-electron chi connectivity index (χ1n) is 3.54. The molecule has 66 valence electrons. The SMILES string of the molecule is C=CC(C)=COC(=O)CC(C)=O. The molecule has 0 amide bonds. The quantitative estimate of drug-likeness (QED) is 0.277. The van der Waals surface area contributed by atoms with Crippen LogP contribution in [0.2, 0.25) is 0 Å². The van der Waals surface area contributed by atoms with Gasteiger partial charge in [-0.15, -0.1) is 0 Å². The fourth-order valence-corrected chi connectivity index (χ4v) is 0.452. The molecule has 0 rings (SSSR count). The van der Waals surface area contributed by atoms with Crippen molar-refractivity contribution in [3.63, 3.8) is 0 Å². The maximum Gasteiger partial charge on any atom is 0.318 e. The summed E-state index contributed by atoms with van der Waals surface area (Å²) in [5.41, 5.74) is 0.743. The van der Waals surface area contributed by atoms with E-state index in [2.05, 4.69) is 11.3 Å². The van der Waals surface area contributed by atoms with Crippen LogP contribution in [0.25, 0.3) is 0 Å². The zero-order chi connectivity index (χ0) is 9.56. The Kier molecular flexibility index (Phi) is 4.69. The van der Waals surface area contributed by atoms with E-state index >= 15 is 0 Å². The van der Waals surface area contributed by atoms with Crippen molar-refractivity contribution in [1.29, 1.82) is 0 Å². The first-order valence-corrected chi connectivity index (χ1v) is 3.54. The van der Waals surface area contributed by atoms with Gasteiger partial charge in [-0.1, -0.05) is 12.7 Å². The Morgan fingerprint density at radius 3 is 2.42 bits per heavy atom. The molecular formula is C9H12O3. The van der Waals surface area contributed by atoms with Gasteiger partial charge in [0.25, 0.3) is 0 Å². The molecule has 0 radical (unpaired) electrons. The Hall–Kier alpha value is -1.38. The van der Waals surface area contributed by atoms with Crippen molar-refractivity contribution in [1.82, 2.24) is 0 Å². The second-order valence-electron chi connectivity index (χ2n) is 2.43. The highest BCUT2D eigenvalue weighted by Crippen LogP contribution is 1.95. The molecule has 3 heteroatoms. The van der Waals surface area contributed by atoms with Crippen molar-refractivity contribution in [2.24, 2.45) is 0 Å². The van der Waals surface area contributed by atoms with Gasteiger partial charge in [0, 0.05) is 0 Å². The van der Waals surface area contributed by atoms with Gasteiger partial charge in [0.2, 0.25) is 0 Å². The maximum absolute atomic E-state index is 10.8. The van der Waals surface area contributed by atoms with Crippen molar-refractivity contribution >= 4 is 11.8 Å². The standard InChI is InChI=1S/C9H12O3/c1-4-7(2)6-12-9(11)5-8(3)10/h4,6H,1,5H2,2-3H3. The molecular weight excluding hydrogens is 156 g/mol. The third-order valence-electron chi connectivity index (χ3n) is 1.09. The summed E-state index contributed by atoms with van der Waals surface area (Å²) in [6.07, 6.45) is 2.65. The number of ether oxygens (including phenoxy) is 1. The molecule has 0 bridgehead atoms. The predicted molar refractivity (Wildman–Crippen MR) is 45.3 cm³/mol. The van der Waals surface area contributed by atoms with Crippen LogP contribution in [-0.4, -0.2) is 11.8 Å². The van der Waals surface area contributed by atoms with Gasteiger partial charge in [0.15, 0.2) is 0 Å². The van der Waals surface area contributed by atoms with Crippen molar-refractivity contribution in [3.05, 3.63) is 24.5 Å². The number of ketones is 1. The number of Topliss-reactive ketones (excluding diaryl/α,β-unsaturated/α-hetero) is 1. The molecule has 0 aliphatic rings. The summed E-state index contributed by atoms with van der Waals surface area (Å²) in [6, 6.07) is 0. The maximum atomic E-state index is 10.8. The molecule has 0 aromatic rings. The normalized spacial score (nSPS) is 10.7. The molecule has 0 aliphatic carbocycles. The van der Waals surface area contributed by atoms with Gasteiger partial charge >= 0.3 is 5.97 Å². The summed E-state index contributed by atoms with van der Waals surface area (Å²) in [5.74, 6) is -0.742. The predicted octanol–water partition coefficient (Wildman–Crippen LogP) is 1.60. The molecule has 0 atom stereocenters. The molecule has 0 aromatic heterocycles. The molecule has 0 aromatic carbocycles. The van der Waals surface area contributed by atoms with Crippen LogP contribution < -0.4 is 0 Å². The molecule has 0 saturated heterocycles. The lowest BCUT2D eigenvalue weighted by atomic mass is 10.3. The van der Waals surface area contributed by atoms with E-state index in [-0.39, 0.29) is 12.2 Å². The van der Waals surface area contributed by atoms with Crippen LogP contribution in [0.15, 0.2) is 24.5 Å². The number of allylic oxidation sites excluding steroid dienone is 2. The molecule has 0 N–H and O–H groups in total. The smallest absolute Gasteiger partial charge is 0.318 e. The number of rotatable bonds is 4. The van der Waals surface area contributed by atoms with Gasteiger partial charge in [0.1, 0.15) is 12.2 Å². The highest BCUT2D eigenvalue weighted by atomic mass is 16.5. The minimum atomic E-state index is -0.538. The Bertz CT molecular complexity index is 226.